The molecule has 1 aliphatic heterocycles. The molecule has 5 nitrogen and oxygen atoms in total. The van der Waals surface area contributed by atoms with E-state index in [1.807, 2.05) is 51.1 Å². The summed E-state index contributed by atoms with van der Waals surface area (Å²) in [6, 6.07) is 13.6. The molecule has 156 valence electrons. The lowest BCUT2D eigenvalue weighted by molar-refractivity contribution is 0.0506. The van der Waals surface area contributed by atoms with E-state index < -0.39 is 0 Å². The number of aromatic nitrogens is 1. The standard InChI is InChI=1S/C25H28N2O3/c1-16-6-4-7-19(11-16)25(29)27(15-22-8-5-9-30-22)14-21-13-20-12-17(2)10-18(3)23(20)26-24(21)28/h4,6-7,10-13,22H,5,8-9,14-15H2,1-3H3,(H,26,28)/t22-/m1/s1. The second-order valence-electron chi connectivity index (χ2n) is 8.36. The number of aryl methyl sites for hydroxylation is 3. The number of benzene rings is 2. The first-order valence-corrected chi connectivity index (χ1v) is 10.5. The number of hydrogen-bond donors (Lipinski definition) is 1. The Bertz CT molecular complexity index is 1140. The predicted molar refractivity (Wildman–Crippen MR) is 119 cm³/mol. The molecule has 4 rings (SSSR count). The molecule has 0 spiro atoms. The third kappa shape index (κ3) is 4.31. The summed E-state index contributed by atoms with van der Waals surface area (Å²) in [6.45, 7) is 7.48. The summed E-state index contributed by atoms with van der Waals surface area (Å²) in [5.74, 6) is -0.0749. The van der Waals surface area contributed by atoms with E-state index in [4.69, 9.17) is 4.74 Å². The van der Waals surface area contributed by atoms with Crippen molar-refractivity contribution in [2.75, 3.05) is 13.2 Å². The van der Waals surface area contributed by atoms with Gasteiger partial charge >= 0.3 is 0 Å². The summed E-state index contributed by atoms with van der Waals surface area (Å²) in [7, 11) is 0. The maximum absolute atomic E-state index is 13.3. The van der Waals surface area contributed by atoms with Gasteiger partial charge in [-0.2, -0.15) is 0 Å². The van der Waals surface area contributed by atoms with E-state index in [0.29, 0.717) is 17.7 Å². The van der Waals surface area contributed by atoms with Gasteiger partial charge in [0.15, 0.2) is 0 Å². The molecule has 2 aromatic carbocycles. The molecule has 1 saturated heterocycles. The van der Waals surface area contributed by atoms with Gasteiger partial charge in [-0.05, 0) is 68.8 Å². The van der Waals surface area contributed by atoms with Crippen LogP contribution < -0.4 is 5.56 Å². The number of fused-ring (bicyclic) bond motifs is 1. The Balaban J connectivity index is 1.69. The summed E-state index contributed by atoms with van der Waals surface area (Å²) in [4.78, 5) is 30.9. The molecule has 1 N–H and O–H groups in total. The highest BCUT2D eigenvalue weighted by Crippen LogP contribution is 2.21. The normalized spacial score (nSPS) is 16.2. The molecule has 3 aromatic rings. The van der Waals surface area contributed by atoms with Gasteiger partial charge in [-0.1, -0.05) is 29.3 Å². The van der Waals surface area contributed by atoms with Crippen molar-refractivity contribution in [3.05, 3.63) is 80.6 Å². The van der Waals surface area contributed by atoms with Crippen LogP contribution in [0.2, 0.25) is 0 Å². The summed E-state index contributed by atoms with van der Waals surface area (Å²) in [5.41, 5.74) is 5.15. The van der Waals surface area contributed by atoms with Crippen molar-refractivity contribution < 1.29 is 9.53 Å². The van der Waals surface area contributed by atoms with Crippen LogP contribution in [0.3, 0.4) is 0 Å². The SMILES string of the molecule is Cc1cccc(C(=O)N(Cc2cc3cc(C)cc(C)c3[nH]c2=O)C[C@H]2CCCO2)c1. The van der Waals surface area contributed by atoms with Gasteiger partial charge in [0.1, 0.15) is 0 Å². The summed E-state index contributed by atoms with van der Waals surface area (Å²) >= 11 is 0. The van der Waals surface area contributed by atoms with Crippen molar-refractivity contribution >= 4 is 16.8 Å². The molecule has 30 heavy (non-hydrogen) atoms. The van der Waals surface area contributed by atoms with Crippen LogP contribution in [0.1, 0.15) is 45.5 Å². The minimum Gasteiger partial charge on any atom is -0.376 e. The fraction of sp³-hybridized carbons (Fsp3) is 0.360. The summed E-state index contributed by atoms with van der Waals surface area (Å²) in [6.07, 6.45) is 1.96. The quantitative estimate of drug-likeness (QED) is 0.691. The molecule has 0 aliphatic carbocycles. The number of amides is 1. The average molecular weight is 405 g/mol. The van der Waals surface area contributed by atoms with Crippen LogP contribution in [-0.2, 0) is 11.3 Å². The molecule has 1 aliphatic rings. The smallest absolute Gasteiger partial charge is 0.254 e. The molecule has 0 saturated carbocycles. The lowest BCUT2D eigenvalue weighted by atomic mass is 10.0. The van der Waals surface area contributed by atoms with Gasteiger partial charge in [-0.3, -0.25) is 9.59 Å². The van der Waals surface area contributed by atoms with Crippen LogP contribution >= 0.6 is 0 Å². The summed E-state index contributed by atoms with van der Waals surface area (Å²) < 4.78 is 5.78. The molecule has 5 heteroatoms. The second kappa shape index (κ2) is 8.44. The fourth-order valence-electron chi connectivity index (χ4n) is 4.27. The fourth-order valence-corrected chi connectivity index (χ4v) is 4.27. The number of ether oxygens (including phenoxy) is 1. The van der Waals surface area contributed by atoms with E-state index in [1.54, 1.807) is 4.90 Å². The molecule has 2 heterocycles. The Morgan fingerprint density at radius 1 is 1.13 bits per heavy atom. The van der Waals surface area contributed by atoms with E-state index in [2.05, 4.69) is 17.1 Å². The maximum Gasteiger partial charge on any atom is 0.254 e. The molecule has 1 amide bonds. The van der Waals surface area contributed by atoms with Gasteiger partial charge in [-0.15, -0.1) is 0 Å². The Hall–Kier alpha value is -2.92. The van der Waals surface area contributed by atoms with Gasteiger partial charge in [0, 0.05) is 24.3 Å². The molecule has 1 atom stereocenters. The Kier molecular flexibility index (Phi) is 5.73. The number of H-pyrrole nitrogens is 1. The predicted octanol–water partition coefficient (Wildman–Crippen LogP) is 4.27. The zero-order valence-corrected chi connectivity index (χ0v) is 17.8. The van der Waals surface area contributed by atoms with Crippen molar-refractivity contribution in [3.8, 4) is 0 Å². The zero-order chi connectivity index (χ0) is 21.3. The van der Waals surface area contributed by atoms with E-state index >= 15 is 0 Å². The number of aromatic amines is 1. The van der Waals surface area contributed by atoms with Gasteiger partial charge in [0.05, 0.1) is 18.2 Å². The van der Waals surface area contributed by atoms with E-state index in [1.165, 1.54) is 0 Å². The van der Waals surface area contributed by atoms with Crippen molar-refractivity contribution in [2.45, 2.75) is 46.3 Å². The van der Waals surface area contributed by atoms with Crippen LogP contribution in [0.5, 0.6) is 0 Å². The molecule has 0 unspecified atom stereocenters. The van der Waals surface area contributed by atoms with Crippen LogP contribution in [0, 0.1) is 20.8 Å². The molecular weight excluding hydrogens is 376 g/mol. The number of rotatable bonds is 5. The Morgan fingerprint density at radius 2 is 1.97 bits per heavy atom. The van der Waals surface area contributed by atoms with Crippen molar-refractivity contribution in [1.82, 2.24) is 9.88 Å². The van der Waals surface area contributed by atoms with Gasteiger partial charge in [-0.25, -0.2) is 0 Å². The molecule has 0 radical (unpaired) electrons. The minimum atomic E-state index is -0.149. The number of hydrogen-bond acceptors (Lipinski definition) is 3. The van der Waals surface area contributed by atoms with E-state index in [-0.39, 0.29) is 24.1 Å². The highest BCUT2D eigenvalue weighted by atomic mass is 16.5. The third-order valence-corrected chi connectivity index (χ3v) is 5.73. The third-order valence-electron chi connectivity index (χ3n) is 5.73. The number of carbonyl (C=O) groups is 1. The van der Waals surface area contributed by atoms with Gasteiger partial charge < -0.3 is 14.6 Å². The molecule has 1 fully saturated rings. The summed E-state index contributed by atoms with van der Waals surface area (Å²) in [5, 5.41) is 0.988. The Labute approximate surface area is 176 Å². The van der Waals surface area contributed by atoms with Crippen LogP contribution in [0.15, 0.2) is 47.3 Å². The number of pyridine rings is 1. The average Bonchev–Trinajstić information content (AvgIpc) is 3.21. The van der Waals surface area contributed by atoms with Crippen LogP contribution in [0.4, 0.5) is 0 Å². The van der Waals surface area contributed by atoms with Gasteiger partial charge in [0.25, 0.3) is 11.5 Å². The van der Waals surface area contributed by atoms with Crippen molar-refractivity contribution in [2.24, 2.45) is 0 Å². The maximum atomic E-state index is 13.3. The molecule has 1 aromatic heterocycles. The lowest BCUT2D eigenvalue weighted by Crippen LogP contribution is -2.38. The topological polar surface area (TPSA) is 62.4 Å². The van der Waals surface area contributed by atoms with Gasteiger partial charge in [0.2, 0.25) is 0 Å². The zero-order valence-electron chi connectivity index (χ0n) is 17.8. The second-order valence-corrected chi connectivity index (χ2v) is 8.36. The van der Waals surface area contributed by atoms with Crippen LogP contribution in [0.25, 0.3) is 10.9 Å². The minimum absolute atomic E-state index is 0.0165. The van der Waals surface area contributed by atoms with Crippen molar-refractivity contribution in [1.29, 1.82) is 0 Å². The number of nitrogens with one attached hydrogen (secondary N) is 1. The first-order valence-electron chi connectivity index (χ1n) is 10.5. The van der Waals surface area contributed by atoms with E-state index in [0.717, 1.165) is 47.0 Å². The number of carbonyl (C=O) groups excluding carboxylic acids is 1. The largest absolute Gasteiger partial charge is 0.376 e. The lowest BCUT2D eigenvalue weighted by Gasteiger charge is -2.26. The highest BCUT2D eigenvalue weighted by molar-refractivity contribution is 5.94. The molecule has 0 bridgehead atoms. The first kappa shape index (κ1) is 20.4. The highest BCUT2D eigenvalue weighted by Gasteiger charge is 2.24. The molecular formula is C25H28N2O3. The van der Waals surface area contributed by atoms with Crippen molar-refractivity contribution in [3.63, 3.8) is 0 Å². The van der Waals surface area contributed by atoms with Crippen LogP contribution in [-0.4, -0.2) is 35.0 Å². The van der Waals surface area contributed by atoms with E-state index in [9.17, 15) is 9.59 Å². The Morgan fingerprint density at radius 3 is 2.70 bits per heavy atom. The number of nitrogens with zero attached hydrogens (tertiary/aromatic N) is 1. The monoisotopic (exact) mass is 404 g/mol. The first-order chi connectivity index (χ1) is 14.4.